The van der Waals surface area contributed by atoms with E-state index in [1.165, 1.54) is 19.3 Å². The van der Waals surface area contributed by atoms with E-state index in [-0.39, 0.29) is 1.43 Å². The largest absolute Gasteiger partial charge is 0.329 e. The summed E-state index contributed by atoms with van der Waals surface area (Å²) in [6.07, 6.45) is 6.87. The van der Waals surface area contributed by atoms with Gasteiger partial charge in [0.1, 0.15) is 0 Å². The maximum atomic E-state index is 10.4. The number of hydrogen-bond acceptors (Lipinski definition) is 2. The summed E-state index contributed by atoms with van der Waals surface area (Å²) in [5.41, 5.74) is 3.86. The molecule has 1 aliphatic carbocycles. The zero-order valence-electron chi connectivity index (χ0n) is 12.7. The van der Waals surface area contributed by atoms with Crippen LogP contribution in [-0.2, 0) is 4.79 Å². The third-order valence-electron chi connectivity index (χ3n) is 3.68. The summed E-state index contributed by atoms with van der Waals surface area (Å²) >= 11 is 0. The normalized spacial score (nSPS) is 13.0. The van der Waals surface area contributed by atoms with Gasteiger partial charge >= 0.3 is 0 Å². The van der Waals surface area contributed by atoms with E-state index in [1.807, 2.05) is 43.3 Å². The molecule has 0 aliphatic heterocycles. The summed E-state index contributed by atoms with van der Waals surface area (Å²) in [5, 5.41) is 2.64. The minimum Gasteiger partial charge on any atom is -0.329 e. The molecule has 3 rings (SSSR count). The van der Waals surface area contributed by atoms with Crippen LogP contribution in [0.3, 0.4) is 0 Å². The zero-order valence-corrected chi connectivity index (χ0v) is 12.7. The molecule has 112 valence electrons. The zero-order chi connectivity index (χ0) is 15.1. The Morgan fingerprint density at radius 1 is 1.33 bits per heavy atom. The molecule has 3 heteroatoms. The molecule has 1 saturated carbocycles. The molecule has 1 fully saturated rings. The van der Waals surface area contributed by atoms with Crippen molar-refractivity contribution in [1.29, 1.82) is 0 Å². The second-order valence-electron chi connectivity index (χ2n) is 5.36. The smallest absolute Gasteiger partial charge is 0.211 e. The number of carbonyl (C=O) groups excluding carboxylic acids is 1. The molecular formula is C18H24N2O. The van der Waals surface area contributed by atoms with E-state index in [9.17, 15) is 4.79 Å². The van der Waals surface area contributed by atoms with Crippen molar-refractivity contribution in [3.05, 3.63) is 48.2 Å². The lowest BCUT2D eigenvalue weighted by Crippen LogP contribution is -1.95. The van der Waals surface area contributed by atoms with Gasteiger partial charge in [0, 0.05) is 18.9 Å². The summed E-state index contributed by atoms with van der Waals surface area (Å²) in [4.78, 5) is 14.7. The van der Waals surface area contributed by atoms with Crippen molar-refractivity contribution in [2.45, 2.75) is 33.1 Å². The van der Waals surface area contributed by atoms with E-state index in [2.05, 4.69) is 17.2 Å². The first-order valence-electron chi connectivity index (χ1n) is 7.46. The number of anilines is 1. The average molecular weight is 284 g/mol. The van der Waals surface area contributed by atoms with Crippen LogP contribution < -0.4 is 5.32 Å². The monoisotopic (exact) mass is 284 g/mol. The third kappa shape index (κ3) is 4.71. The number of rotatable bonds is 4. The first-order valence-corrected chi connectivity index (χ1v) is 7.46. The lowest BCUT2D eigenvalue weighted by atomic mass is 10.0. The Bertz CT molecular complexity index is 583. The Balaban J connectivity index is 0.000000344. The number of nitrogens with one attached hydrogen (secondary N) is 1. The Labute approximate surface area is 127 Å². The Morgan fingerprint density at radius 2 is 2.14 bits per heavy atom. The lowest BCUT2D eigenvalue weighted by Gasteiger charge is -2.07. The van der Waals surface area contributed by atoms with E-state index in [0.717, 1.165) is 28.4 Å². The van der Waals surface area contributed by atoms with E-state index in [1.54, 1.807) is 6.20 Å². The molecule has 1 aromatic carbocycles. The van der Waals surface area contributed by atoms with Crippen molar-refractivity contribution in [3.8, 4) is 11.3 Å². The van der Waals surface area contributed by atoms with Crippen molar-refractivity contribution in [2.75, 3.05) is 5.32 Å². The molecule has 1 amide bonds. The maximum absolute atomic E-state index is 10.4. The summed E-state index contributed by atoms with van der Waals surface area (Å²) in [5.74, 6) is 1.13. The summed E-state index contributed by atoms with van der Waals surface area (Å²) in [6, 6.07) is 11.5. The average Bonchev–Trinajstić information content (AvgIpc) is 3.35. The fraction of sp³-hybridized carbons (Fsp3) is 0.333. The highest BCUT2D eigenvalue weighted by atomic mass is 16.1. The van der Waals surface area contributed by atoms with Crippen molar-refractivity contribution in [3.63, 3.8) is 0 Å². The highest BCUT2D eigenvalue weighted by Crippen LogP contribution is 2.31. The van der Waals surface area contributed by atoms with Crippen molar-refractivity contribution >= 4 is 12.1 Å². The summed E-state index contributed by atoms with van der Waals surface area (Å²) in [6.45, 7) is 4.28. The highest BCUT2D eigenvalue weighted by molar-refractivity contribution is 5.76. The predicted molar refractivity (Wildman–Crippen MR) is 89.2 cm³/mol. The standard InChI is InChI=1S/C13H12N2O.C5H10.H2/c1-10-5-6-11(15-9-16)8-12(10)13-4-2-3-7-14-13;1-2-5-3-4-5;/h2-9H,1H3,(H,15,16);5H,2-4H2,1H3;1H. The second-order valence-corrected chi connectivity index (χ2v) is 5.36. The number of benzene rings is 1. The van der Waals surface area contributed by atoms with Gasteiger partial charge in [-0.05, 0) is 42.7 Å². The molecule has 0 bridgehead atoms. The summed E-state index contributed by atoms with van der Waals surface area (Å²) < 4.78 is 0. The molecule has 0 saturated heterocycles. The Hall–Kier alpha value is -2.16. The van der Waals surface area contributed by atoms with Crippen molar-refractivity contribution in [1.82, 2.24) is 4.98 Å². The molecule has 3 nitrogen and oxygen atoms in total. The van der Waals surface area contributed by atoms with Crippen molar-refractivity contribution in [2.24, 2.45) is 5.92 Å². The Kier molecular flexibility index (Phi) is 5.50. The van der Waals surface area contributed by atoms with Gasteiger partial charge in [-0.1, -0.05) is 38.3 Å². The number of aromatic nitrogens is 1. The molecule has 0 unspecified atom stereocenters. The quantitative estimate of drug-likeness (QED) is 0.828. The molecule has 1 aliphatic rings. The molecule has 0 atom stereocenters. The van der Waals surface area contributed by atoms with Gasteiger partial charge in [-0.3, -0.25) is 9.78 Å². The minimum absolute atomic E-state index is 0. The molecule has 2 aromatic rings. The van der Waals surface area contributed by atoms with E-state index >= 15 is 0 Å². The number of nitrogens with zero attached hydrogens (tertiary/aromatic N) is 1. The third-order valence-corrected chi connectivity index (χ3v) is 3.68. The van der Waals surface area contributed by atoms with Crippen LogP contribution in [0.4, 0.5) is 5.69 Å². The molecular weight excluding hydrogens is 260 g/mol. The minimum atomic E-state index is 0. The fourth-order valence-electron chi connectivity index (χ4n) is 2.10. The van der Waals surface area contributed by atoms with Crippen LogP contribution in [-0.4, -0.2) is 11.4 Å². The SMILES string of the molecule is CCC1CC1.Cc1ccc(NC=O)cc1-c1ccccn1.[HH]. The maximum Gasteiger partial charge on any atom is 0.211 e. The van der Waals surface area contributed by atoms with Gasteiger partial charge < -0.3 is 5.32 Å². The topological polar surface area (TPSA) is 42.0 Å². The molecule has 0 radical (unpaired) electrons. The van der Waals surface area contributed by atoms with Gasteiger partial charge in [-0.15, -0.1) is 0 Å². The van der Waals surface area contributed by atoms with E-state index in [4.69, 9.17) is 0 Å². The van der Waals surface area contributed by atoms with Gasteiger partial charge in [0.2, 0.25) is 6.41 Å². The first-order chi connectivity index (χ1) is 10.2. The fourth-order valence-corrected chi connectivity index (χ4v) is 2.10. The molecule has 1 aromatic heterocycles. The van der Waals surface area contributed by atoms with Gasteiger partial charge in [0.25, 0.3) is 0 Å². The number of aryl methyl sites for hydroxylation is 1. The highest BCUT2D eigenvalue weighted by Gasteiger charge is 2.17. The van der Waals surface area contributed by atoms with Crippen LogP contribution in [0.25, 0.3) is 11.3 Å². The lowest BCUT2D eigenvalue weighted by molar-refractivity contribution is -0.105. The number of hydrogen-bond donors (Lipinski definition) is 1. The van der Waals surface area contributed by atoms with Crippen LogP contribution in [0.2, 0.25) is 0 Å². The summed E-state index contributed by atoms with van der Waals surface area (Å²) in [7, 11) is 0. The predicted octanol–water partition coefficient (Wildman–Crippen LogP) is 4.68. The van der Waals surface area contributed by atoms with E-state index in [0.29, 0.717) is 6.41 Å². The van der Waals surface area contributed by atoms with E-state index < -0.39 is 0 Å². The van der Waals surface area contributed by atoms with Gasteiger partial charge in [0.15, 0.2) is 0 Å². The van der Waals surface area contributed by atoms with Gasteiger partial charge in [0.05, 0.1) is 5.69 Å². The molecule has 21 heavy (non-hydrogen) atoms. The molecule has 0 spiro atoms. The van der Waals surface area contributed by atoms with Crippen LogP contribution in [0, 0.1) is 12.8 Å². The van der Waals surface area contributed by atoms with Gasteiger partial charge in [-0.25, -0.2) is 0 Å². The van der Waals surface area contributed by atoms with Crippen LogP contribution in [0.15, 0.2) is 42.6 Å². The molecule has 1 heterocycles. The second kappa shape index (κ2) is 7.58. The van der Waals surface area contributed by atoms with Crippen LogP contribution in [0.5, 0.6) is 0 Å². The Morgan fingerprint density at radius 3 is 2.67 bits per heavy atom. The van der Waals surface area contributed by atoms with Gasteiger partial charge in [-0.2, -0.15) is 0 Å². The van der Waals surface area contributed by atoms with Crippen molar-refractivity contribution < 1.29 is 6.22 Å². The number of pyridine rings is 1. The van der Waals surface area contributed by atoms with Crippen LogP contribution in [0.1, 0.15) is 33.2 Å². The number of carbonyl (C=O) groups is 1. The van der Waals surface area contributed by atoms with Crippen LogP contribution >= 0.6 is 0 Å². The first kappa shape index (κ1) is 15.2. The molecule has 1 N–H and O–H groups in total. The number of amides is 1.